The summed E-state index contributed by atoms with van der Waals surface area (Å²) < 4.78 is 60.9. The molecule has 1 aliphatic rings. The highest BCUT2D eigenvalue weighted by Gasteiger charge is 2.41. The Bertz CT molecular complexity index is 1390. The molecule has 0 bridgehead atoms. The van der Waals surface area contributed by atoms with Crippen molar-refractivity contribution in [3.05, 3.63) is 56.6 Å². The molecule has 0 amide bonds. The van der Waals surface area contributed by atoms with Crippen LogP contribution < -0.4 is 16.0 Å². The third-order valence-electron chi connectivity index (χ3n) is 5.20. The van der Waals surface area contributed by atoms with Crippen molar-refractivity contribution in [3.8, 4) is 0 Å². The number of aryl methyl sites for hydroxylation is 1. The highest BCUT2D eigenvalue weighted by Crippen LogP contribution is 2.36. The summed E-state index contributed by atoms with van der Waals surface area (Å²) in [4.78, 5) is 25.7. The molecule has 0 atom stereocenters. The average molecular weight is 454 g/mol. The van der Waals surface area contributed by atoms with E-state index in [9.17, 15) is 26.8 Å². The molecule has 1 aromatic carbocycles. The molecule has 0 spiro atoms. The molecule has 4 rings (SSSR count). The Hall–Kier alpha value is -2.86. The van der Waals surface area contributed by atoms with Gasteiger partial charge in [-0.15, -0.1) is 0 Å². The van der Waals surface area contributed by atoms with Crippen molar-refractivity contribution < 1.29 is 21.7 Å². The SMILES string of the molecule is Cc1cc(Cn2c(=O)c3cc(S(=O)(=O)NC4(C)CC4)ccc3n(CC(F)F)c2=O)on1. The van der Waals surface area contributed by atoms with E-state index in [0.29, 0.717) is 18.5 Å². The van der Waals surface area contributed by atoms with E-state index in [1.807, 2.05) is 0 Å². The zero-order valence-corrected chi connectivity index (χ0v) is 17.6. The third-order valence-corrected chi connectivity index (χ3v) is 6.83. The molecular formula is C19H20F2N4O5S. The van der Waals surface area contributed by atoms with Crippen LogP contribution in [0.2, 0.25) is 0 Å². The fourth-order valence-electron chi connectivity index (χ4n) is 3.34. The highest BCUT2D eigenvalue weighted by molar-refractivity contribution is 7.89. The number of fused-ring (bicyclic) bond motifs is 1. The molecule has 1 saturated carbocycles. The number of nitrogens with one attached hydrogen (secondary N) is 1. The van der Waals surface area contributed by atoms with E-state index < -0.39 is 39.8 Å². The minimum atomic E-state index is -3.94. The first-order valence-corrected chi connectivity index (χ1v) is 11.0. The molecule has 2 aromatic heterocycles. The number of halogens is 2. The monoisotopic (exact) mass is 454 g/mol. The summed E-state index contributed by atoms with van der Waals surface area (Å²) in [6, 6.07) is 5.01. The second-order valence-electron chi connectivity index (χ2n) is 7.96. The zero-order valence-electron chi connectivity index (χ0n) is 16.8. The van der Waals surface area contributed by atoms with Crippen molar-refractivity contribution in [1.29, 1.82) is 0 Å². The van der Waals surface area contributed by atoms with Crippen LogP contribution in [-0.2, 0) is 23.1 Å². The Morgan fingerprint density at radius 1 is 1.23 bits per heavy atom. The van der Waals surface area contributed by atoms with Crippen molar-refractivity contribution >= 4 is 20.9 Å². The summed E-state index contributed by atoms with van der Waals surface area (Å²) in [5.41, 5.74) is -1.85. The lowest BCUT2D eigenvalue weighted by molar-refractivity contribution is 0.125. The molecule has 1 fully saturated rings. The van der Waals surface area contributed by atoms with Gasteiger partial charge in [0.2, 0.25) is 10.0 Å². The van der Waals surface area contributed by atoms with Crippen molar-refractivity contribution in [3.63, 3.8) is 0 Å². The molecule has 12 heteroatoms. The maximum Gasteiger partial charge on any atom is 0.332 e. The van der Waals surface area contributed by atoms with E-state index in [0.717, 1.165) is 15.2 Å². The first-order chi connectivity index (χ1) is 14.5. The molecule has 0 radical (unpaired) electrons. The van der Waals surface area contributed by atoms with E-state index in [2.05, 4.69) is 9.88 Å². The molecule has 1 aliphatic carbocycles. The maximum absolute atomic E-state index is 13.2. The van der Waals surface area contributed by atoms with Crippen LogP contribution in [0.25, 0.3) is 10.9 Å². The van der Waals surface area contributed by atoms with Gasteiger partial charge in [-0.2, -0.15) is 0 Å². The number of nitrogens with zero attached hydrogens (tertiary/aromatic N) is 3. The zero-order chi connectivity index (χ0) is 22.6. The van der Waals surface area contributed by atoms with E-state index in [1.165, 1.54) is 18.2 Å². The first-order valence-electron chi connectivity index (χ1n) is 9.51. The maximum atomic E-state index is 13.2. The summed E-state index contributed by atoms with van der Waals surface area (Å²) in [6.45, 7) is 2.13. The molecule has 9 nitrogen and oxygen atoms in total. The largest absolute Gasteiger partial charge is 0.359 e. The molecule has 1 N–H and O–H groups in total. The molecular weight excluding hydrogens is 434 g/mol. The van der Waals surface area contributed by atoms with Gasteiger partial charge in [0.05, 0.1) is 34.6 Å². The van der Waals surface area contributed by atoms with E-state index >= 15 is 0 Å². The van der Waals surface area contributed by atoms with Crippen molar-refractivity contribution in [2.24, 2.45) is 0 Å². The Kier molecular flexibility index (Phi) is 5.09. The predicted octanol–water partition coefficient (Wildman–Crippen LogP) is 1.60. The first kappa shape index (κ1) is 21.4. The molecule has 2 heterocycles. The van der Waals surface area contributed by atoms with Gasteiger partial charge in [0.25, 0.3) is 12.0 Å². The minimum Gasteiger partial charge on any atom is -0.359 e. The number of aromatic nitrogens is 3. The van der Waals surface area contributed by atoms with Crippen LogP contribution in [0.5, 0.6) is 0 Å². The fourth-order valence-corrected chi connectivity index (χ4v) is 4.83. The van der Waals surface area contributed by atoms with Crippen molar-refractivity contribution in [2.45, 2.75) is 56.6 Å². The fraction of sp³-hybridized carbons (Fsp3) is 0.421. The number of hydrogen-bond donors (Lipinski definition) is 1. The van der Waals surface area contributed by atoms with Gasteiger partial charge in [-0.25, -0.2) is 26.7 Å². The third kappa shape index (κ3) is 4.17. The molecule has 0 aliphatic heterocycles. The van der Waals surface area contributed by atoms with Gasteiger partial charge in [-0.3, -0.25) is 13.9 Å². The summed E-state index contributed by atoms with van der Waals surface area (Å²) in [5, 5.41) is 3.52. The van der Waals surface area contributed by atoms with Crippen LogP contribution in [0.3, 0.4) is 0 Å². The van der Waals surface area contributed by atoms with E-state index in [-0.39, 0.29) is 28.1 Å². The second-order valence-corrected chi connectivity index (χ2v) is 9.64. The summed E-state index contributed by atoms with van der Waals surface area (Å²) >= 11 is 0. The number of sulfonamides is 1. The van der Waals surface area contributed by atoms with Crippen LogP contribution in [0.4, 0.5) is 8.78 Å². The van der Waals surface area contributed by atoms with Gasteiger partial charge in [-0.1, -0.05) is 5.16 Å². The predicted molar refractivity (Wildman–Crippen MR) is 107 cm³/mol. The number of alkyl halides is 2. The van der Waals surface area contributed by atoms with Crippen LogP contribution in [0, 0.1) is 6.92 Å². The van der Waals surface area contributed by atoms with Crippen LogP contribution in [0.1, 0.15) is 31.2 Å². The number of hydrogen-bond acceptors (Lipinski definition) is 6. The van der Waals surface area contributed by atoms with Crippen LogP contribution in [-0.4, -0.2) is 34.7 Å². The number of benzene rings is 1. The van der Waals surface area contributed by atoms with Gasteiger partial charge in [-0.05, 0) is 44.9 Å². The standard InChI is InChI=1S/C19H20F2N4O5S/c1-11-7-12(30-22-11)9-25-17(26)14-8-13(31(28,29)23-19(2)5-6-19)3-4-15(14)24(18(25)27)10-16(20)21/h3-4,7-8,16,23H,5-6,9-10H2,1-2H3. The minimum absolute atomic E-state index is 0.0723. The van der Waals surface area contributed by atoms with Crippen molar-refractivity contribution in [2.75, 3.05) is 0 Å². The van der Waals surface area contributed by atoms with Crippen molar-refractivity contribution in [1.82, 2.24) is 19.0 Å². The number of rotatable bonds is 7. The molecule has 31 heavy (non-hydrogen) atoms. The summed E-state index contributed by atoms with van der Waals surface area (Å²) in [6.07, 6.45) is -1.48. The van der Waals surface area contributed by atoms with Gasteiger partial charge in [0.15, 0.2) is 5.76 Å². The normalized spacial score (nSPS) is 15.6. The molecule has 3 aromatic rings. The van der Waals surface area contributed by atoms with Gasteiger partial charge in [0, 0.05) is 11.6 Å². The van der Waals surface area contributed by atoms with E-state index in [1.54, 1.807) is 13.8 Å². The summed E-state index contributed by atoms with van der Waals surface area (Å²) in [5.74, 6) is 0.187. The average Bonchev–Trinajstić information content (AvgIpc) is 3.25. The van der Waals surface area contributed by atoms with Gasteiger partial charge in [0.1, 0.15) is 0 Å². The van der Waals surface area contributed by atoms with Gasteiger partial charge < -0.3 is 4.52 Å². The Morgan fingerprint density at radius 2 is 1.94 bits per heavy atom. The second kappa shape index (κ2) is 7.38. The smallest absolute Gasteiger partial charge is 0.332 e. The molecule has 0 unspecified atom stereocenters. The van der Waals surface area contributed by atoms with Crippen LogP contribution >= 0.6 is 0 Å². The quantitative estimate of drug-likeness (QED) is 0.580. The van der Waals surface area contributed by atoms with E-state index in [4.69, 9.17) is 4.52 Å². The molecule has 166 valence electrons. The lowest BCUT2D eigenvalue weighted by atomic mass is 10.2. The Labute approximate surface area is 175 Å². The van der Waals surface area contributed by atoms with Crippen LogP contribution in [0.15, 0.2) is 43.3 Å². The Balaban J connectivity index is 1.91. The van der Waals surface area contributed by atoms with Gasteiger partial charge >= 0.3 is 5.69 Å². The highest BCUT2D eigenvalue weighted by atomic mass is 32.2. The lowest BCUT2D eigenvalue weighted by Crippen LogP contribution is -2.41. The lowest BCUT2D eigenvalue weighted by Gasteiger charge is -2.15. The topological polar surface area (TPSA) is 116 Å². The molecule has 0 saturated heterocycles. The summed E-state index contributed by atoms with van der Waals surface area (Å²) in [7, 11) is -3.94. The Morgan fingerprint density at radius 3 is 2.52 bits per heavy atom.